The minimum atomic E-state index is 0.254. The topological polar surface area (TPSA) is 79.6 Å². The molecule has 0 amide bonds. The third kappa shape index (κ3) is 5.96. The number of aliphatic imine (C=N–C) groups is 1. The Labute approximate surface area is 160 Å². The Morgan fingerprint density at radius 3 is 3.00 bits per heavy atom. The molecule has 146 valence electrons. The van der Waals surface area contributed by atoms with E-state index >= 15 is 0 Å². The van der Waals surface area contributed by atoms with Crippen molar-refractivity contribution in [2.75, 3.05) is 38.2 Å². The SMILES string of the molecule is CN=C(NCCCn1cccn1)NCc1ccc(N2CCOC(C)C2)nc1. The number of aromatic nitrogens is 3. The van der Waals surface area contributed by atoms with Crippen LogP contribution in [0.2, 0.25) is 0 Å². The Balaban J connectivity index is 1.40. The number of anilines is 1. The molecule has 1 aliphatic rings. The maximum absolute atomic E-state index is 5.59. The number of hydrogen-bond donors (Lipinski definition) is 2. The minimum absolute atomic E-state index is 0.254. The average Bonchev–Trinajstić information content (AvgIpc) is 3.21. The van der Waals surface area contributed by atoms with Gasteiger partial charge in [-0.3, -0.25) is 9.67 Å². The highest BCUT2D eigenvalue weighted by Crippen LogP contribution is 2.15. The number of nitrogens with one attached hydrogen (secondary N) is 2. The fourth-order valence-corrected chi connectivity index (χ4v) is 3.02. The number of morpholine rings is 1. The highest BCUT2D eigenvalue weighted by atomic mass is 16.5. The Morgan fingerprint density at radius 1 is 1.37 bits per heavy atom. The molecule has 1 unspecified atom stereocenters. The van der Waals surface area contributed by atoms with E-state index in [-0.39, 0.29) is 6.10 Å². The molecule has 0 aromatic carbocycles. The molecular formula is C19H29N7O. The molecule has 0 saturated carbocycles. The third-order valence-corrected chi connectivity index (χ3v) is 4.47. The van der Waals surface area contributed by atoms with E-state index in [1.165, 1.54) is 0 Å². The van der Waals surface area contributed by atoms with Gasteiger partial charge in [-0.1, -0.05) is 6.07 Å². The summed E-state index contributed by atoms with van der Waals surface area (Å²) >= 11 is 0. The van der Waals surface area contributed by atoms with Crippen LogP contribution in [-0.2, 0) is 17.8 Å². The molecule has 2 aromatic heterocycles. The van der Waals surface area contributed by atoms with Gasteiger partial charge in [-0.05, 0) is 31.0 Å². The number of guanidine groups is 1. The summed E-state index contributed by atoms with van der Waals surface area (Å²) in [6.45, 7) is 7.05. The van der Waals surface area contributed by atoms with Gasteiger partial charge in [0.25, 0.3) is 0 Å². The first-order valence-corrected chi connectivity index (χ1v) is 9.48. The van der Waals surface area contributed by atoms with Crippen LogP contribution in [0.5, 0.6) is 0 Å². The van der Waals surface area contributed by atoms with Gasteiger partial charge in [0.05, 0.1) is 12.7 Å². The minimum Gasteiger partial charge on any atom is -0.375 e. The zero-order valence-electron chi connectivity index (χ0n) is 16.1. The first-order chi connectivity index (χ1) is 13.2. The molecule has 8 nitrogen and oxygen atoms in total. The smallest absolute Gasteiger partial charge is 0.191 e. The summed E-state index contributed by atoms with van der Waals surface area (Å²) in [4.78, 5) is 11.1. The molecule has 1 fully saturated rings. The number of pyridine rings is 1. The predicted octanol–water partition coefficient (Wildman–Crippen LogP) is 1.26. The van der Waals surface area contributed by atoms with Crippen LogP contribution in [0, 0.1) is 0 Å². The van der Waals surface area contributed by atoms with Gasteiger partial charge in [-0.2, -0.15) is 5.10 Å². The summed E-state index contributed by atoms with van der Waals surface area (Å²) in [5.74, 6) is 1.80. The summed E-state index contributed by atoms with van der Waals surface area (Å²) in [6, 6.07) is 6.13. The fraction of sp³-hybridized carbons (Fsp3) is 0.526. The quantitative estimate of drug-likeness (QED) is 0.433. The van der Waals surface area contributed by atoms with Crippen molar-refractivity contribution in [3.8, 4) is 0 Å². The summed E-state index contributed by atoms with van der Waals surface area (Å²) in [5.41, 5.74) is 1.12. The van der Waals surface area contributed by atoms with Gasteiger partial charge in [-0.25, -0.2) is 4.98 Å². The molecule has 3 rings (SSSR count). The second-order valence-electron chi connectivity index (χ2n) is 6.63. The number of nitrogens with zero attached hydrogens (tertiary/aromatic N) is 5. The molecule has 3 heterocycles. The van der Waals surface area contributed by atoms with Gasteiger partial charge >= 0.3 is 0 Å². The Kier molecular flexibility index (Phi) is 7.04. The van der Waals surface area contributed by atoms with Crippen molar-refractivity contribution in [3.63, 3.8) is 0 Å². The van der Waals surface area contributed by atoms with E-state index in [9.17, 15) is 0 Å². The van der Waals surface area contributed by atoms with E-state index in [1.54, 1.807) is 13.2 Å². The van der Waals surface area contributed by atoms with Crippen LogP contribution in [0.15, 0.2) is 41.8 Å². The van der Waals surface area contributed by atoms with E-state index in [1.807, 2.05) is 23.1 Å². The van der Waals surface area contributed by atoms with Crippen LogP contribution < -0.4 is 15.5 Å². The number of aryl methyl sites for hydroxylation is 1. The summed E-state index contributed by atoms with van der Waals surface area (Å²) in [6.07, 6.45) is 6.93. The van der Waals surface area contributed by atoms with Crippen molar-refractivity contribution in [1.29, 1.82) is 0 Å². The van der Waals surface area contributed by atoms with Gasteiger partial charge in [-0.15, -0.1) is 0 Å². The predicted molar refractivity (Wildman–Crippen MR) is 107 cm³/mol. The first-order valence-electron chi connectivity index (χ1n) is 9.48. The maximum atomic E-state index is 5.59. The zero-order valence-corrected chi connectivity index (χ0v) is 16.1. The van der Waals surface area contributed by atoms with E-state index in [4.69, 9.17) is 4.74 Å². The normalized spacial score (nSPS) is 17.8. The summed E-state index contributed by atoms with van der Waals surface area (Å²) < 4.78 is 7.52. The lowest BCUT2D eigenvalue weighted by Gasteiger charge is -2.32. The summed E-state index contributed by atoms with van der Waals surface area (Å²) in [7, 11) is 1.78. The maximum Gasteiger partial charge on any atom is 0.191 e. The number of rotatable bonds is 7. The monoisotopic (exact) mass is 371 g/mol. The van der Waals surface area contributed by atoms with Gasteiger partial charge < -0.3 is 20.3 Å². The van der Waals surface area contributed by atoms with Crippen LogP contribution >= 0.6 is 0 Å². The van der Waals surface area contributed by atoms with E-state index in [0.29, 0.717) is 6.54 Å². The van der Waals surface area contributed by atoms with Gasteiger partial charge in [0.1, 0.15) is 5.82 Å². The van der Waals surface area contributed by atoms with Crippen molar-refractivity contribution in [2.24, 2.45) is 4.99 Å². The third-order valence-electron chi connectivity index (χ3n) is 4.47. The molecule has 2 aromatic rings. The van der Waals surface area contributed by atoms with E-state index in [0.717, 1.165) is 56.5 Å². The molecule has 27 heavy (non-hydrogen) atoms. The standard InChI is InChI=1S/C19H29N7O/c1-16-15-25(11-12-27-16)18-6-5-17(13-22-18)14-23-19(20-2)21-7-3-9-26-10-4-8-24-26/h4-6,8,10,13,16H,3,7,9,11-12,14-15H2,1-2H3,(H2,20,21,23). The fourth-order valence-electron chi connectivity index (χ4n) is 3.02. The van der Waals surface area contributed by atoms with Crippen LogP contribution in [0.4, 0.5) is 5.82 Å². The second kappa shape index (κ2) is 9.91. The molecule has 8 heteroatoms. The number of ether oxygens (including phenoxy) is 1. The van der Waals surface area contributed by atoms with Crippen molar-refractivity contribution >= 4 is 11.8 Å². The van der Waals surface area contributed by atoms with Crippen LogP contribution in [0.25, 0.3) is 0 Å². The van der Waals surface area contributed by atoms with Gasteiger partial charge in [0.15, 0.2) is 5.96 Å². The lowest BCUT2D eigenvalue weighted by molar-refractivity contribution is 0.0529. The molecule has 1 atom stereocenters. The second-order valence-corrected chi connectivity index (χ2v) is 6.63. The average molecular weight is 371 g/mol. The summed E-state index contributed by atoms with van der Waals surface area (Å²) in [5, 5.41) is 10.9. The largest absolute Gasteiger partial charge is 0.375 e. The Hall–Kier alpha value is -2.61. The van der Waals surface area contributed by atoms with Gasteiger partial charge in [0.2, 0.25) is 0 Å². The van der Waals surface area contributed by atoms with Crippen molar-refractivity contribution < 1.29 is 4.74 Å². The van der Waals surface area contributed by atoms with Gasteiger partial charge in [0, 0.05) is 58.4 Å². The molecule has 0 radical (unpaired) electrons. The van der Waals surface area contributed by atoms with E-state index in [2.05, 4.69) is 49.7 Å². The highest BCUT2D eigenvalue weighted by Gasteiger charge is 2.17. The molecule has 2 N–H and O–H groups in total. The molecule has 0 spiro atoms. The van der Waals surface area contributed by atoms with Crippen molar-refractivity contribution in [3.05, 3.63) is 42.4 Å². The van der Waals surface area contributed by atoms with Crippen molar-refractivity contribution in [2.45, 2.75) is 32.5 Å². The highest BCUT2D eigenvalue weighted by molar-refractivity contribution is 5.79. The van der Waals surface area contributed by atoms with Crippen molar-refractivity contribution in [1.82, 2.24) is 25.4 Å². The molecular weight excluding hydrogens is 342 g/mol. The zero-order chi connectivity index (χ0) is 18.9. The van der Waals surface area contributed by atoms with Crippen LogP contribution in [0.3, 0.4) is 0 Å². The Morgan fingerprint density at radius 2 is 2.30 bits per heavy atom. The molecule has 1 saturated heterocycles. The molecule has 0 aliphatic carbocycles. The number of hydrogen-bond acceptors (Lipinski definition) is 5. The van der Waals surface area contributed by atoms with Crippen LogP contribution in [-0.4, -0.2) is 60.1 Å². The Bertz CT molecular complexity index is 699. The lowest BCUT2D eigenvalue weighted by atomic mass is 10.2. The lowest BCUT2D eigenvalue weighted by Crippen LogP contribution is -2.41. The van der Waals surface area contributed by atoms with E-state index < -0.39 is 0 Å². The molecule has 0 bridgehead atoms. The van der Waals surface area contributed by atoms with Crippen LogP contribution in [0.1, 0.15) is 18.9 Å². The molecule has 1 aliphatic heterocycles. The first kappa shape index (κ1) is 19.2.